The van der Waals surface area contributed by atoms with Gasteiger partial charge in [0, 0.05) is 12.2 Å². The summed E-state index contributed by atoms with van der Waals surface area (Å²) in [5, 5.41) is 5.97. The van der Waals surface area contributed by atoms with Crippen LogP contribution in [0.25, 0.3) is 0 Å². The van der Waals surface area contributed by atoms with Gasteiger partial charge in [-0.25, -0.2) is 18.9 Å². The van der Waals surface area contributed by atoms with Gasteiger partial charge in [-0.1, -0.05) is 39.2 Å². The van der Waals surface area contributed by atoms with Crippen molar-refractivity contribution in [1.29, 1.82) is 0 Å². The Labute approximate surface area is 180 Å². The largest absolute Gasteiger partial charge is 0.475 e. The lowest BCUT2D eigenvalue weighted by Crippen LogP contribution is -2.35. The number of aryl methyl sites for hydroxylation is 3. The zero-order valence-corrected chi connectivity index (χ0v) is 19.2. The van der Waals surface area contributed by atoms with E-state index in [4.69, 9.17) is 4.74 Å². The number of nitrogens with one attached hydrogen (secondary N) is 2. The van der Waals surface area contributed by atoms with Gasteiger partial charge in [-0.3, -0.25) is 0 Å². The van der Waals surface area contributed by atoms with Crippen LogP contribution in [0, 0.1) is 12.8 Å². The first-order valence-corrected chi connectivity index (χ1v) is 10.7. The quantitative estimate of drug-likeness (QED) is 0.366. The highest BCUT2D eigenvalue weighted by Gasteiger charge is 2.20. The minimum Gasteiger partial charge on any atom is -0.475 e. The van der Waals surface area contributed by atoms with Crippen molar-refractivity contribution in [2.45, 2.75) is 46.5 Å². The molecule has 1 unspecified atom stereocenters. The molecule has 2 rings (SSSR count). The van der Waals surface area contributed by atoms with Crippen LogP contribution >= 0.6 is 0 Å². The average Bonchev–Trinajstić information content (AvgIpc) is 3.06. The van der Waals surface area contributed by atoms with E-state index in [1.165, 1.54) is 12.8 Å². The topological polar surface area (TPSA) is 71.5 Å². The maximum atomic E-state index is 12.4. The molecule has 2 aromatic rings. The Kier molecular flexibility index (Phi) is 8.89. The van der Waals surface area contributed by atoms with Crippen molar-refractivity contribution in [3.63, 3.8) is 0 Å². The Hall–Kier alpha value is -2.83. The minimum atomic E-state index is -0.185. The van der Waals surface area contributed by atoms with Crippen LogP contribution in [0.15, 0.2) is 35.6 Å². The zero-order valence-electron chi connectivity index (χ0n) is 19.2. The van der Waals surface area contributed by atoms with Gasteiger partial charge in [0.05, 0.1) is 26.9 Å². The fourth-order valence-corrected chi connectivity index (χ4v) is 3.36. The first kappa shape index (κ1) is 23.4. The highest BCUT2D eigenvalue weighted by Crippen LogP contribution is 2.23. The van der Waals surface area contributed by atoms with Gasteiger partial charge in [0.15, 0.2) is 0 Å². The number of methoxy groups -OCH3 is 1. The summed E-state index contributed by atoms with van der Waals surface area (Å²) >= 11 is 0. The zero-order chi connectivity index (χ0) is 22.1. The number of aromatic nitrogens is 2. The normalized spacial score (nSPS) is 12.5. The van der Waals surface area contributed by atoms with Crippen LogP contribution in [-0.4, -0.2) is 30.2 Å². The fraction of sp³-hybridized carbons (Fsp3) is 0.522. The molecule has 7 nitrogen and oxygen atoms in total. The number of rotatable bonds is 9. The van der Waals surface area contributed by atoms with E-state index >= 15 is 0 Å². The Bertz CT molecular complexity index is 853. The van der Waals surface area contributed by atoms with Gasteiger partial charge >= 0.3 is 17.8 Å². The lowest BCUT2D eigenvalue weighted by atomic mass is 9.99. The van der Waals surface area contributed by atoms with Crippen LogP contribution in [0.4, 0.5) is 16.2 Å². The first-order chi connectivity index (χ1) is 14.4. The summed E-state index contributed by atoms with van der Waals surface area (Å²) in [6.45, 7) is 7.02. The van der Waals surface area contributed by atoms with Crippen molar-refractivity contribution in [2.75, 3.05) is 19.0 Å². The maximum absolute atomic E-state index is 12.4. The van der Waals surface area contributed by atoms with Crippen LogP contribution in [-0.2, 0) is 18.8 Å². The van der Waals surface area contributed by atoms with E-state index < -0.39 is 0 Å². The summed E-state index contributed by atoms with van der Waals surface area (Å²) in [6.07, 6.45) is 8.48. The highest BCUT2D eigenvalue weighted by molar-refractivity contribution is 5.93. The molecular formula is C23H36N5O2+. The summed E-state index contributed by atoms with van der Waals surface area (Å²) in [5.74, 6) is 1.87. The van der Waals surface area contributed by atoms with Gasteiger partial charge in [-0.2, -0.15) is 0 Å². The third-order valence-corrected chi connectivity index (χ3v) is 5.36. The van der Waals surface area contributed by atoms with E-state index in [9.17, 15) is 4.79 Å². The molecule has 2 N–H and O–H groups in total. The second kappa shape index (κ2) is 11.4. The summed E-state index contributed by atoms with van der Waals surface area (Å²) < 4.78 is 9.43. The molecule has 0 spiro atoms. The van der Waals surface area contributed by atoms with E-state index in [1.807, 2.05) is 60.7 Å². The summed E-state index contributed by atoms with van der Waals surface area (Å²) in [7, 11) is 5.50. The molecule has 0 aliphatic heterocycles. The maximum Gasteiger partial charge on any atom is 0.344 e. The number of nitrogens with zero attached hydrogens (tertiary/aromatic N) is 3. The van der Waals surface area contributed by atoms with Crippen LogP contribution in [0.3, 0.4) is 0 Å². The number of urea groups is 1. The van der Waals surface area contributed by atoms with E-state index in [0.29, 0.717) is 24.0 Å². The van der Waals surface area contributed by atoms with E-state index in [0.717, 1.165) is 29.9 Å². The van der Waals surface area contributed by atoms with E-state index in [2.05, 4.69) is 29.5 Å². The summed E-state index contributed by atoms with van der Waals surface area (Å²) in [4.78, 5) is 17.1. The number of anilines is 1. The number of imidazole rings is 1. The molecule has 0 aliphatic rings. The van der Waals surface area contributed by atoms with Crippen molar-refractivity contribution in [3.8, 4) is 0 Å². The summed E-state index contributed by atoms with van der Waals surface area (Å²) in [6, 6.07) is 5.54. The Morgan fingerprint density at radius 2 is 2.10 bits per heavy atom. The van der Waals surface area contributed by atoms with Crippen molar-refractivity contribution in [3.05, 3.63) is 42.0 Å². The van der Waals surface area contributed by atoms with Crippen molar-refractivity contribution < 1.29 is 14.1 Å². The Morgan fingerprint density at radius 3 is 2.70 bits per heavy atom. The molecule has 0 radical (unpaired) electrons. The molecule has 1 atom stereocenters. The molecule has 1 aromatic heterocycles. The third-order valence-electron chi connectivity index (χ3n) is 5.36. The SMILES string of the molecule is CCCCC(CC)CNC(=O)Nc1cc(N=C(OC)c2n(C)cc[n+]2C)ccc1C. The molecule has 30 heavy (non-hydrogen) atoms. The second-order valence-electron chi connectivity index (χ2n) is 7.72. The lowest BCUT2D eigenvalue weighted by molar-refractivity contribution is -0.672. The number of carbonyl (C=O) groups excluding carboxylic acids is 1. The lowest BCUT2D eigenvalue weighted by Gasteiger charge is -2.16. The van der Waals surface area contributed by atoms with Crippen LogP contribution < -0.4 is 15.2 Å². The molecule has 7 heteroatoms. The number of carbonyl (C=O) groups is 1. The van der Waals surface area contributed by atoms with Crippen LogP contribution in [0.5, 0.6) is 0 Å². The predicted molar refractivity (Wildman–Crippen MR) is 121 cm³/mol. The average molecular weight is 415 g/mol. The van der Waals surface area contributed by atoms with Crippen LogP contribution in [0.2, 0.25) is 0 Å². The second-order valence-corrected chi connectivity index (χ2v) is 7.72. The molecule has 0 aliphatic carbocycles. The first-order valence-electron chi connectivity index (χ1n) is 10.7. The number of hydrogen-bond donors (Lipinski definition) is 2. The molecule has 0 fully saturated rings. The number of ether oxygens (including phenoxy) is 1. The van der Waals surface area contributed by atoms with Crippen molar-refractivity contribution in [2.24, 2.45) is 25.0 Å². The molecule has 164 valence electrons. The van der Waals surface area contributed by atoms with Gasteiger partial charge < -0.3 is 15.4 Å². The monoisotopic (exact) mass is 414 g/mol. The smallest absolute Gasteiger partial charge is 0.344 e. The number of aliphatic imine (C=N–C) groups is 1. The fourth-order valence-electron chi connectivity index (χ4n) is 3.36. The van der Waals surface area contributed by atoms with E-state index in [-0.39, 0.29) is 6.03 Å². The standard InChI is InChI=1S/C23H35N5O2/c1-7-9-10-18(8-2)16-24-23(29)26-20-15-19(12-11-17(20)3)25-21(30-6)22-27(4)13-14-28(22)5/h11-15,18H,7-10,16H2,1-6H3,(H-,24,26,29)/p+1. The predicted octanol–water partition coefficient (Wildman–Crippen LogP) is 4.22. The number of unbranched alkanes of at least 4 members (excludes halogenated alkanes) is 1. The number of hydrogen-bond acceptors (Lipinski definition) is 3. The number of amides is 2. The molecule has 0 saturated carbocycles. The summed E-state index contributed by atoms with van der Waals surface area (Å²) in [5.41, 5.74) is 2.43. The van der Waals surface area contributed by atoms with E-state index in [1.54, 1.807) is 7.11 Å². The van der Waals surface area contributed by atoms with Gasteiger partial charge in [-0.05, 0) is 37.0 Å². The molecule has 2 amide bonds. The van der Waals surface area contributed by atoms with Crippen LogP contribution in [0.1, 0.15) is 50.9 Å². The van der Waals surface area contributed by atoms with Gasteiger partial charge in [0.25, 0.3) is 0 Å². The van der Waals surface area contributed by atoms with Crippen molar-refractivity contribution >= 4 is 23.3 Å². The van der Waals surface area contributed by atoms with Crippen molar-refractivity contribution in [1.82, 2.24) is 9.88 Å². The Morgan fingerprint density at radius 1 is 1.33 bits per heavy atom. The highest BCUT2D eigenvalue weighted by atomic mass is 16.5. The third kappa shape index (κ3) is 6.34. The molecule has 0 bridgehead atoms. The van der Waals surface area contributed by atoms with Gasteiger partial charge in [-0.15, -0.1) is 0 Å². The number of benzene rings is 1. The minimum absolute atomic E-state index is 0.185. The van der Waals surface area contributed by atoms with Gasteiger partial charge in [0.2, 0.25) is 0 Å². The Balaban J connectivity index is 2.12. The molecular weight excluding hydrogens is 378 g/mol. The molecule has 0 saturated heterocycles. The molecule has 1 heterocycles. The molecule has 1 aromatic carbocycles. The van der Waals surface area contributed by atoms with Gasteiger partial charge in [0.1, 0.15) is 12.4 Å².